The second kappa shape index (κ2) is 6.96. The van der Waals surface area contributed by atoms with E-state index in [1.54, 1.807) is 10.7 Å². The van der Waals surface area contributed by atoms with Crippen LogP contribution in [0.5, 0.6) is 0 Å². The molecule has 1 aliphatic heterocycles. The molecule has 24 heavy (non-hydrogen) atoms. The van der Waals surface area contributed by atoms with Crippen LogP contribution in [-0.2, 0) is 11.3 Å². The van der Waals surface area contributed by atoms with Crippen LogP contribution in [0, 0.1) is 0 Å². The molecule has 8 nitrogen and oxygen atoms in total. The Balaban J connectivity index is 1.77. The van der Waals surface area contributed by atoms with Crippen LogP contribution in [-0.4, -0.2) is 57.0 Å². The van der Waals surface area contributed by atoms with Crippen LogP contribution in [0.1, 0.15) is 36.2 Å². The smallest absolute Gasteiger partial charge is 0.257 e. The molecule has 1 atom stereocenters. The summed E-state index contributed by atoms with van der Waals surface area (Å²) in [7, 11) is 0. The van der Waals surface area contributed by atoms with Crippen LogP contribution in [0.4, 0.5) is 0 Å². The molecule has 0 aliphatic carbocycles. The van der Waals surface area contributed by atoms with Gasteiger partial charge in [0, 0.05) is 31.0 Å². The number of carbonyl (C=O) groups excluding carboxylic acids is 2. The highest BCUT2D eigenvalue weighted by molar-refractivity contribution is 6.02. The molecule has 0 radical (unpaired) electrons. The monoisotopic (exact) mass is 330 g/mol. The van der Waals surface area contributed by atoms with Crippen molar-refractivity contribution in [3.8, 4) is 0 Å². The number of amides is 2. The molecule has 0 bridgehead atoms. The molecule has 8 heteroatoms. The number of fused-ring (bicyclic) bond motifs is 1. The SMILES string of the molecule is CCN(CC)Cc1cnc2c(C(=O)NC3CCNC3=O)cnn2c1. The number of aromatic nitrogens is 3. The van der Waals surface area contributed by atoms with Crippen molar-refractivity contribution in [1.82, 2.24) is 30.1 Å². The quantitative estimate of drug-likeness (QED) is 0.789. The molecule has 128 valence electrons. The third kappa shape index (κ3) is 3.23. The van der Waals surface area contributed by atoms with Crippen molar-refractivity contribution in [1.29, 1.82) is 0 Å². The number of nitrogens with zero attached hydrogens (tertiary/aromatic N) is 4. The molecular formula is C16H22N6O2. The van der Waals surface area contributed by atoms with Gasteiger partial charge in [0.1, 0.15) is 11.6 Å². The van der Waals surface area contributed by atoms with Gasteiger partial charge in [-0.2, -0.15) is 5.10 Å². The maximum Gasteiger partial charge on any atom is 0.257 e. The summed E-state index contributed by atoms with van der Waals surface area (Å²) >= 11 is 0. The number of hydrogen-bond donors (Lipinski definition) is 2. The van der Waals surface area contributed by atoms with E-state index in [0.29, 0.717) is 24.2 Å². The standard InChI is InChI=1S/C16H22N6O2/c1-3-21(4-2)9-11-7-18-14-12(8-19-22(14)10-11)15(23)20-13-5-6-17-16(13)24/h7-8,10,13H,3-6,9H2,1-2H3,(H,17,24)(H,20,23). The van der Waals surface area contributed by atoms with Gasteiger partial charge in [-0.3, -0.25) is 14.5 Å². The highest BCUT2D eigenvalue weighted by Crippen LogP contribution is 2.11. The van der Waals surface area contributed by atoms with Crippen molar-refractivity contribution in [2.75, 3.05) is 19.6 Å². The zero-order valence-electron chi connectivity index (χ0n) is 14.0. The van der Waals surface area contributed by atoms with Crippen LogP contribution in [0.15, 0.2) is 18.6 Å². The predicted molar refractivity (Wildman–Crippen MR) is 88.5 cm³/mol. The molecule has 2 aromatic heterocycles. The number of rotatable bonds is 6. The van der Waals surface area contributed by atoms with Crippen LogP contribution < -0.4 is 10.6 Å². The van der Waals surface area contributed by atoms with E-state index in [9.17, 15) is 9.59 Å². The van der Waals surface area contributed by atoms with Gasteiger partial charge in [0.15, 0.2) is 5.65 Å². The van der Waals surface area contributed by atoms with E-state index in [2.05, 4.69) is 39.5 Å². The number of carbonyl (C=O) groups is 2. The largest absolute Gasteiger partial charge is 0.354 e. The lowest BCUT2D eigenvalue weighted by atomic mass is 10.2. The van der Waals surface area contributed by atoms with Crippen LogP contribution in [0.2, 0.25) is 0 Å². The van der Waals surface area contributed by atoms with Gasteiger partial charge >= 0.3 is 0 Å². The van der Waals surface area contributed by atoms with E-state index < -0.39 is 6.04 Å². The minimum Gasteiger partial charge on any atom is -0.354 e. The Kier molecular flexibility index (Phi) is 4.75. The Bertz CT molecular complexity index is 752. The van der Waals surface area contributed by atoms with Crippen molar-refractivity contribution in [2.24, 2.45) is 0 Å². The van der Waals surface area contributed by atoms with Crippen LogP contribution in [0.3, 0.4) is 0 Å². The lowest BCUT2D eigenvalue weighted by molar-refractivity contribution is -0.120. The second-order valence-corrected chi connectivity index (χ2v) is 5.86. The highest BCUT2D eigenvalue weighted by Gasteiger charge is 2.27. The van der Waals surface area contributed by atoms with Gasteiger partial charge in [-0.05, 0) is 19.5 Å². The number of hydrogen-bond acceptors (Lipinski definition) is 5. The molecule has 3 rings (SSSR count). The Hall–Kier alpha value is -2.48. The first-order chi connectivity index (χ1) is 11.6. The molecule has 1 saturated heterocycles. The van der Waals surface area contributed by atoms with Crippen molar-refractivity contribution >= 4 is 17.5 Å². The third-order valence-electron chi connectivity index (χ3n) is 4.31. The van der Waals surface area contributed by atoms with Gasteiger partial charge in [-0.25, -0.2) is 9.50 Å². The molecule has 1 fully saturated rings. The van der Waals surface area contributed by atoms with Crippen molar-refractivity contribution in [3.63, 3.8) is 0 Å². The second-order valence-electron chi connectivity index (χ2n) is 5.86. The molecule has 0 aromatic carbocycles. The first-order valence-corrected chi connectivity index (χ1v) is 8.25. The van der Waals surface area contributed by atoms with E-state index in [-0.39, 0.29) is 11.8 Å². The van der Waals surface area contributed by atoms with E-state index in [1.807, 2.05) is 6.20 Å². The van der Waals surface area contributed by atoms with E-state index >= 15 is 0 Å². The number of nitrogens with one attached hydrogen (secondary N) is 2. The van der Waals surface area contributed by atoms with Gasteiger partial charge < -0.3 is 10.6 Å². The normalized spacial score (nSPS) is 17.5. The van der Waals surface area contributed by atoms with Gasteiger partial charge in [0.2, 0.25) is 5.91 Å². The summed E-state index contributed by atoms with van der Waals surface area (Å²) in [6, 6.07) is -0.477. The predicted octanol–water partition coefficient (Wildman–Crippen LogP) is 0.189. The van der Waals surface area contributed by atoms with E-state index in [1.165, 1.54) is 6.20 Å². The van der Waals surface area contributed by atoms with Gasteiger partial charge in [0.25, 0.3) is 5.91 Å². The molecule has 0 spiro atoms. The summed E-state index contributed by atoms with van der Waals surface area (Å²) in [6.07, 6.45) is 5.76. The minimum atomic E-state index is -0.477. The maximum absolute atomic E-state index is 12.4. The molecule has 1 aliphatic rings. The minimum absolute atomic E-state index is 0.144. The Morgan fingerprint density at radius 3 is 2.88 bits per heavy atom. The van der Waals surface area contributed by atoms with E-state index in [0.717, 1.165) is 25.2 Å². The Labute approximate surface area is 140 Å². The van der Waals surface area contributed by atoms with Gasteiger partial charge in [-0.15, -0.1) is 0 Å². The Morgan fingerprint density at radius 2 is 2.21 bits per heavy atom. The fourth-order valence-electron chi connectivity index (χ4n) is 2.83. The summed E-state index contributed by atoms with van der Waals surface area (Å²) in [6.45, 7) is 7.54. The third-order valence-corrected chi connectivity index (χ3v) is 4.31. The molecule has 2 amide bonds. The van der Waals surface area contributed by atoms with Gasteiger partial charge in [0.05, 0.1) is 6.20 Å². The van der Waals surface area contributed by atoms with Crippen molar-refractivity contribution < 1.29 is 9.59 Å². The fraction of sp³-hybridized carbons (Fsp3) is 0.500. The molecule has 0 saturated carbocycles. The lowest BCUT2D eigenvalue weighted by Crippen LogP contribution is -2.40. The van der Waals surface area contributed by atoms with E-state index in [4.69, 9.17) is 0 Å². The first-order valence-electron chi connectivity index (χ1n) is 8.25. The van der Waals surface area contributed by atoms with Crippen LogP contribution >= 0.6 is 0 Å². The first kappa shape index (κ1) is 16.4. The maximum atomic E-state index is 12.4. The summed E-state index contributed by atoms with van der Waals surface area (Å²) in [5, 5.41) is 9.66. The summed E-state index contributed by atoms with van der Waals surface area (Å²) in [4.78, 5) is 30.6. The Morgan fingerprint density at radius 1 is 1.42 bits per heavy atom. The van der Waals surface area contributed by atoms with Crippen molar-refractivity contribution in [3.05, 3.63) is 29.7 Å². The average Bonchev–Trinajstić information content (AvgIpc) is 3.18. The van der Waals surface area contributed by atoms with Crippen LogP contribution in [0.25, 0.3) is 5.65 Å². The molecule has 1 unspecified atom stereocenters. The zero-order valence-corrected chi connectivity index (χ0v) is 14.0. The highest BCUT2D eigenvalue weighted by atomic mass is 16.2. The summed E-state index contributed by atoms with van der Waals surface area (Å²) < 4.78 is 1.61. The fourth-order valence-corrected chi connectivity index (χ4v) is 2.83. The molecule has 2 aromatic rings. The lowest BCUT2D eigenvalue weighted by Gasteiger charge is -2.17. The molecular weight excluding hydrogens is 308 g/mol. The van der Waals surface area contributed by atoms with Gasteiger partial charge in [-0.1, -0.05) is 13.8 Å². The summed E-state index contributed by atoms with van der Waals surface area (Å²) in [5.74, 6) is -0.467. The zero-order chi connectivity index (χ0) is 17.1. The average molecular weight is 330 g/mol. The summed E-state index contributed by atoms with van der Waals surface area (Å²) in [5.41, 5.74) is 1.91. The topological polar surface area (TPSA) is 91.6 Å². The molecule has 2 N–H and O–H groups in total. The molecule has 3 heterocycles. The van der Waals surface area contributed by atoms with Crippen molar-refractivity contribution in [2.45, 2.75) is 32.9 Å².